The van der Waals surface area contributed by atoms with Crippen LogP contribution < -0.4 is 4.72 Å². The van der Waals surface area contributed by atoms with Crippen LogP contribution >= 0.6 is 11.3 Å². The summed E-state index contributed by atoms with van der Waals surface area (Å²) >= 11 is 1.19. The van der Waals surface area contributed by atoms with E-state index in [9.17, 15) is 8.42 Å². The largest absolute Gasteiger partial charge is 0.250 e. The monoisotopic (exact) mass is 301 g/mol. The van der Waals surface area contributed by atoms with Crippen molar-refractivity contribution in [3.05, 3.63) is 23.3 Å². The Hall–Kier alpha value is -1.32. The molecule has 1 N–H and O–H groups in total. The molecule has 0 amide bonds. The predicted octanol–water partition coefficient (Wildman–Crippen LogP) is 0.836. The second-order valence-electron chi connectivity index (χ2n) is 4.21. The van der Waals surface area contributed by atoms with Gasteiger partial charge < -0.3 is 0 Å². The summed E-state index contributed by atoms with van der Waals surface area (Å²) in [4.78, 5) is 0. The molecule has 0 aliphatic heterocycles. The topological polar surface area (TPSA) is 89.8 Å². The van der Waals surface area contributed by atoms with Crippen LogP contribution in [0.25, 0.3) is 0 Å². The fourth-order valence-corrected chi connectivity index (χ4v) is 3.63. The lowest BCUT2D eigenvalue weighted by atomic mass is 10.3. The number of sulfonamides is 1. The maximum Gasteiger partial charge on any atom is 0.250 e. The van der Waals surface area contributed by atoms with E-state index in [0.717, 1.165) is 0 Å². The second kappa shape index (κ2) is 5.76. The minimum absolute atomic E-state index is 0.152. The number of tetrazole rings is 1. The minimum Gasteiger partial charge on any atom is -0.227 e. The summed E-state index contributed by atoms with van der Waals surface area (Å²) in [6.45, 7) is 4.21. The maximum atomic E-state index is 11.9. The van der Waals surface area contributed by atoms with E-state index in [1.54, 1.807) is 22.2 Å². The van der Waals surface area contributed by atoms with E-state index in [-0.39, 0.29) is 12.6 Å². The van der Waals surface area contributed by atoms with E-state index in [0.29, 0.717) is 16.5 Å². The van der Waals surface area contributed by atoms with Crippen molar-refractivity contribution in [3.63, 3.8) is 0 Å². The lowest BCUT2D eigenvalue weighted by Gasteiger charge is -2.08. The Kier molecular flexibility index (Phi) is 4.27. The first kappa shape index (κ1) is 14.1. The van der Waals surface area contributed by atoms with E-state index < -0.39 is 10.0 Å². The average Bonchev–Trinajstić information content (AvgIpc) is 2.99. The van der Waals surface area contributed by atoms with E-state index in [1.165, 1.54) is 11.3 Å². The zero-order valence-corrected chi connectivity index (χ0v) is 12.3. The van der Waals surface area contributed by atoms with Crippen LogP contribution in [0.15, 0.2) is 21.7 Å². The fraction of sp³-hybridized carbons (Fsp3) is 0.500. The number of hydrogen-bond acceptors (Lipinski definition) is 6. The Morgan fingerprint density at radius 3 is 2.89 bits per heavy atom. The summed E-state index contributed by atoms with van der Waals surface area (Å²) in [5, 5.41) is 13.1. The fourth-order valence-electron chi connectivity index (χ4n) is 1.56. The van der Waals surface area contributed by atoms with Gasteiger partial charge in [-0.2, -0.15) is 0 Å². The summed E-state index contributed by atoms with van der Waals surface area (Å²) in [6, 6.07) is 3.43. The van der Waals surface area contributed by atoms with Gasteiger partial charge in [0.05, 0.1) is 6.04 Å². The molecule has 2 aromatic heterocycles. The molecular weight excluding hydrogens is 286 g/mol. The van der Waals surface area contributed by atoms with Gasteiger partial charge in [0.2, 0.25) is 10.0 Å². The molecule has 2 heterocycles. The van der Waals surface area contributed by atoms with Crippen LogP contribution in [-0.2, 0) is 16.4 Å². The number of nitrogens with zero attached hydrogens (tertiary/aromatic N) is 4. The summed E-state index contributed by atoms with van der Waals surface area (Å²) in [5.74, 6) is 0.670. The molecular formula is C10H15N5O2S2. The molecule has 0 aliphatic carbocycles. The van der Waals surface area contributed by atoms with E-state index in [1.807, 2.05) is 13.8 Å². The molecule has 7 nitrogen and oxygen atoms in total. The van der Waals surface area contributed by atoms with Crippen molar-refractivity contribution in [3.8, 4) is 0 Å². The number of rotatable bonds is 6. The Labute approximate surface area is 115 Å². The van der Waals surface area contributed by atoms with E-state index in [4.69, 9.17) is 0 Å². The van der Waals surface area contributed by atoms with Gasteiger partial charge in [0, 0.05) is 13.0 Å². The van der Waals surface area contributed by atoms with Crippen molar-refractivity contribution >= 4 is 21.4 Å². The summed E-state index contributed by atoms with van der Waals surface area (Å²) in [6.07, 6.45) is 0.454. The highest BCUT2D eigenvalue weighted by atomic mass is 32.2. The van der Waals surface area contributed by atoms with Crippen molar-refractivity contribution in [2.45, 2.75) is 30.5 Å². The standard InChI is InChI=1S/C10H15N5O2S2/c1-8(2)15-9(12-13-14-15)5-6-11-19(16,17)10-4-3-7-18-10/h3-4,7-8,11H,5-6H2,1-2H3. The first-order valence-electron chi connectivity index (χ1n) is 5.80. The molecule has 0 bridgehead atoms. The van der Waals surface area contributed by atoms with Crippen molar-refractivity contribution in [2.75, 3.05) is 6.54 Å². The number of nitrogens with one attached hydrogen (secondary N) is 1. The predicted molar refractivity (Wildman–Crippen MR) is 71.4 cm³/mol. The maximum absolute atomic E-state index is 11.9. The highest BCUT2D eigenvalue weighted by molar-refractivity contribution is 7.91. The zero-order valence-electron chi connectivity index (χ0n) is 10.6. The smallest absolute Gasteiger partial charge is 0.227 e. The third kappa shape index (κ3) is 3.37. The molecule has 0 saturated heterocycles. The molecule has 0 saturated carbocycles. The van der Waals surface area contributed by atoms with E-state index in [2.05, 4.69) is 20.2 Å². The van der Waals surface area contributed by atoms with Crippen LogP contribution in [0.5, 0.6) is 0 Å². The Morgan fingerprint density at radius 2 is 2.26 bits per heavy atom. The van der Waals surface area contributed by atoms with Gasteiger partial charge in [-0.3, -0.25) is 0 Å². The number of hydrogen-bond donors (Lipinski definition) is 1. The number of thiophene rings is 1. The zero-order chi connectivity index (χ0) is 13.9. The Bertz CT molecular complexity index is 618. The van der Waals surface area contributed by atoms with Crippen LogP contribution in [-0.4, -0.2) is 35.2 Å². The van der Waals surface area contributed by atoms with Crippen molar-refractivity contribution < 1.29 is 8.42 Å². The number of aromatic nitrogens is 4. The summed E-state index contributed by atoms with van der Waals surface area (Å²) in [5.41, 5.74) is 0. The molecule has 0 unspecified atom stereocenters. The van der Waals surface area contributed by atoms with Gasteiger partial charge >= 0.3 is 0 Å². The molecule has 0 fully saturated rings. The second-order valence-corrected chi connectivity index (χ2v) is 7.15. The van der Waals surface area contributed by atoms with Gasteiger partial charge in [-0.1, -0.05) is 6.07 Å². The molecule has 2 rings (SSSR count). The SMILES string of the molecule is CC(C)n1nnnc1CCNS(=O)(=O)c1cccs1. The molecule has 19 heavy (non-hydrogen) atoms. The molecule has 0 aliphatic rings. The minimum atomic E-state index is -3.41. The quantitative estimate of drug-likeness (QED) is 0.854. The van der Waals surface area contributed by atoms with Crippen LogP contribution in [0.3, 0.4) is 0 Å². The highest BCUT2D eigenvalue weighted by Gasteiger charge is 2.15. The van der Waals surface area contributed by atoms with Crippen molar-refractivity contribution in [1.29, 1.82) is 0 Å². The first-order chi connectivity index (χ1) is 9.00. The van der Waals surface area contributed by atoms with Gasteiger partial charge in [0.25, 0.3) is 0 Å². The average molecular weight is 301 g/mol. The molecule has 104 valence electrons. The first-order valence-corrected chi connectivity index (χ1v) is 8.17. The normalized spacial score (nSPS) is 12.2. The molecule has 9 heteroatoms. The van der Waals surface area contributed by atoms with Crippen LogP contribution in [0, 0.1) is 0 Å². The van der Waals surface area contributed by atoms with Crippen LogP contribution in [0.1, 0.15) is 25.7 Å². The van der Waals surface area contributed by atoms with Gasteiger partial charge in [-0.25, -0.2) is 17.8 Å². The molecule has 0 aromatic carbocycles. The van der Waals surface area contributed by atoms with Crippen LogP contribution in [0.2, 0.25) is 0 Å². The van der Waals surface area contributed by atoms with Crippen LogP contribution in [0.4, 0.5) is 0 Å². The third-order valence-corrected chi connectivity index (χ3v) is 5.31. The van der Waals surface area contributed by atoms with Gasteiger partial charge in [0.15, 0.2) is 5.82 Å². The molecule has 0 radical (unpaired) electrons. The van der Waals surface area contributed by atoms with Crippen molar-refractivity contribution in [2.24, 2.45) is 0 Å². The third-order valence-electron chi connectivity index (χ3n) is 2.45. The Balaban J connectivity index is 1.96. The lowest BCUT2D eigenvalue weighted by Crippen LogP contribution is -2.26. The van der Waals surface area contributed by atoms with Gasteiger partial charge in [-0.05, 0) is 35.7 Å². The summed E-state index contributed by atoms with van der Waals surface area (Å²) in [7, 11) is -3.41. The molecule has 0 spiro atoms. The highest BCUT2D eigenvalue weighted by Crippen LogP contribution is 2.15. The van der Waals surface area contributed by atoms with E-state index >= 15 is 0 Å². The lowest BCUT2D eigenvalue weighted by molar-refractivity contribution is 0.492. The summed E-state index contributed by atoms with van der Waals surface area (Å²) < 4.78 is 28.3. The Morgan fingerprint density at radius 1 is 1.47 bits per heavy atom. The van der Waals surface area contributed by atoms with Crippen molar-refractivity contribution in [1.82, 2.24) is 24.9 Å². The van der Waals surface area contributed by atoms with Gasteiger partial charge in [-0.15, -0.1) is 16.4 Å². The van der Waals surface area contributed by atoms with Gasteiger partial charge in [0.1, 0.15) is 4.21 Å². The molecule has 0 atom stereocenters. The molecule has 2 aromatic rings.